The highest BCUT2D eigenvalue weighted by molar-refractivity contribution is 5.85. The average Bonchev–Trinajstić information content (AvgIpc) is 2.29. The molecule has 13 heavy (non-hydrogen) atoms. The molecule has 2 aliphatic heterocycles. The molecule has 4 nitrogen and oxygen atoms in total. The van der Waals surface area contributed by atoms with Gasteiger partial charge in [0, 0.05) is 6.54 Å². The van der Waals surface area contributed by atoms with Gasteiger partial charge in [0.1, 0.15) is 0 Å². The van der Waals surface area contributed by atoms with E-state index >= 15 is 0 Å². The monoisotopic (exact) mass is 209 g/mol. The van der Waals surface area contributed by atoms with Gasteiger partial charge < -0.3 is 15.3 Å². The highest BCUT2D eigenvalue weighted by Crippen LogP contribution is 2.27. The van der Waals surface area contributed by atoms with Crippen molar-refractivity contribution in [3.63, 3.8) is 0 Å². The Morgan fingerprint density at radius 2 is 1.77 bits per heavy atom. The van der Waals surface area contributed by atoms with Crippen LogP contribution in [0.2, 0.25) is 0 Å². The van der Waals surface area contributed by atoms with Crippen LogP contribution in [-0.2, 0) is 0 Å². The molecule has 4 atom stereocenters. The van der Waals surface area contributed by atoms with Gasteiger partial charge in [0.25, 0.3) is 0 Å². The summed E-state index contributed by atoms with van der Waals surface area (Å²) in [5.41, 5.74) is 0. The standard InChI is InChI=1S/C8H15NO3.ClH/c10-5-2-1-3-9-4-6(11)8(12)7(5)9;/h5-8,10-12H,1-4H2;1H/t5-,6+,7-,8+;/m1./s1. The number of nitrogens with zero attached hydrogens (tertiary/aromatic N) is 1. The molecule has 0 aromatic rings. The van der Waals surface area contributed by atoms with Crippen LogP contribution >= 0.6 is 12.4 Å². The molecule has 2 aliphatic rings. The molecule has 0 amide bonds. The number of hydrogen-bond donors (Lipinski definition) is 3. The minimum Gasteiger partial charge on any atom is -0.391 e. The van der Waals surface area contributed by atoms with Gasteiger partial charge in [-0.25, -0.2) is 0 Å². The molecule has 2 saturated heterocycles. The fourth-order valence-corrected chi connectivity index (χ4v) is 2.30. The van der Waals surface area contributed by atoms with Crippen LogP contribution in [0.15, 0.2) is 0 Å². The molecule has 0 aromatic heterocycles. The molecule has 5 heteroatoms. The molecule has 0 aliphatic carbocycles. The van der Waals surface area contributed by atoms with Crippen molar-refractivity contribution >= 4 is 12.4 Å². The Hall–Kier alpha value is 0.130. The number of rotatable bonds is 0. The lowest BCUT2D eigenvalue weighted by Gasteiger charge is -2.34. The maximum Gasteiger partial charge on any atom is 0.0991 e. The van der Waals surface area contributed by atoms with Gasteiger partial charge in [-0.1, -0.05) is 0 Å². The van der Waals surface area contributed by atoms with Gasteiger partial charge >= 0.3 is 0 Å². The highest BCUT2D eigenvalue weighted by atomic mass is 35.5. The fraction of sp³-hybridized carbons (Fsp3) is 1.00. The van der Waals surface area contributed by atoms with E-state index in [4.69, 9.17) is 0 Å². The lowest BCUT2D eigenvalue weighted by molar-refractivity contribution is -0.0282. The Kier molecular flexibility index (Phi) is 3.54. The number of aliphatic hydroxyl groups excluding tert-OH is 3. The molecule has 78 valence electrons. The van der Waals surface area contributed by atoms with Crippen molar-refractivity contribution in [2.75, 3.05) is 13.1 Å². The van der Waals surface area contributed by atoms with E-state index in [2.05, 4.69) is 0 Å². The molecule has 3 N–H and O–H groups in total. The maximum atomic E-state index is 9.55. The lowest BCUT2D eigenvalue weighted by atomic mass is 9.97. The minimum absolute atomic E-state index is 0. The second kappa shape index (κ2) is 4.11. The molecule has 0 radical (unpaired) electrons. The smallest absolute Gasteiger partial charge is 0.0991 e. The zero-order valence-corrected chi connectivity index (χ0v) is 8.15. The van der Waals surface area contributed by atoms with E-state index in [1.165, 1.54) is 0 Å². The molecular formula is C8H16ClNO3. The number of aliphatic hydroxyl groups is 3. The largest absolute Gasteiger partial charge is 0.391 e. The first-order chi connectivity index (χ1) is 5.70. The zero-order chi connectivity index (χ0) is 8.72. The predicted octanol–water partition coefficient (Wildman–Crippen LogP) is -1.03. The van der Waals surface area contributed by atoms with Crippen LogP contribution in [0.3, 0.4) is 0 Å². The molecule has 0 bridgehead atoms. The van der Waals surface area contributed by atoms with Crippen molar-refractivity contribution in [1.82, 2.24) is 4.90 Å². The Balaban J connectivity index is 0.000000845. The molecule has 0 saturated carbocycles. The Labute approximate surface area is 83.6 Å². The zero-order valence-electron chi connectivity index (χ0n) is 7.33. The van der Waals surface area contributed by atoms with E-state index in [1.807, 2.05) is 4.90 Å². The van der Waals surface area contributed by atoms with Crippen LogP contribution in [0.5, 0.6) is 0 Å². The number of piperidine rings is 1. The molecule has 0 aromatic carbocycles. The van der Waals surface area contributed by atoms with E-state index in [0.717, 1.165) is 19.4 Å². The van der Waals surface area contributed by atoms with E-state index in [1.54, 1.807) is 0 Å². The summed E-state index contributed by atoms with van der Waals surface area (Å²) in [6.07, 6.45) is -0.212. The van der Waals surface area contributed by atoms with Crippen molar-refractivity contribution in [3.8, 4) is 0 Å². The van der Waals surface area contributed by atoms with E-state index in [0.29, 0.717) is 6.54 Å². The third kappa shape index (κ3) is 1.82. The summed E-state index contributed by atoms with van der Waals surface area (Å²) >= 11 is 0. The third-order valence-corrected chi connectivity index (χ3v) is 2.93. The number of halogens is 1. The second-order valence-electron chi connectivity index (χ2n) is 3.75. The molecule has 0 spiro atoms. The van der Waals surface area contributed by atoms with Crippen LogP contribution in [0, 0.1) is 0 Å². The topological polar surface area (TPSA) is 63.9 Å². The van der Waals surface area contributed by atoms with Crippen molar-refractivity contribution in [3.05, 3.63) is 0 Å². The van der Waals surface area contributed by atoms with Gasteiger partial charge in [-0.15, -0.1) is 12.4 Å². The van der Waals surface area contributed by atoms with Crippen LogP contribution in [0.1, 0.15) is 12.8 Å². The van der Waals surface area contributed by atoms with E-state index in [9.17, 15) is 15.3 Å². The predicted molar refractivity (Wildman–Crippen MR) is 49.9 cm³/mol. The summed E-state index contributed by atoms with van der Waals surface area (Å²) in [4.78, 5) is 1.98. The van der Waals surface area contributed by atoms with E-state index < -0.39 is 18.3 Å². The van der Waals surface area contributed by atoms with Gasteiger partial charge in [-0.3, -0.25) is 4.90 Å². The van der Waals surface area contributed by atoms with Gasteiger partial charge in [0.2, 0.25) is 0 Å². The summed E-state index contributed by atoms with van der Waals surface area (Å²) in [7, 11) is 0. The number of hydrogen-bond acceptors (Lipinski definition) is 4. The molecule has 2 rings (SSSR count). The van der Waals surface area contributed by atoms with Crippen molar-refractivity contribution < 1.29 is 15.3 Å². The lowest BCUT2D eigenvalue weighted by Crippen LogP contribution is -2.48. The SMILES string of the molecule is Cl.O[C@@H]1[C@H]2[C@H](O)CCCN2C[C@@H]1O. The normalized spacial score (nSPS) is 45.5. The van der Waals surface area contributed by atoms with E-state index in [-0.39, 0.29) is 18.4 Å². The van der Waals surface area contributed by atoms with Crippen LogP contribution in [0.4, 0.5) is 0 Å². The Morgan fingerprint density at radius 1 is 1.08 bits per heavy atom. The minimum atomic E-state index is -0.764. The van der Waals surface area contributed by atoms with Crippen molar-refractivity contribution in [2.45, 2.75) is 37.2 Å². The molecular weight excluding hydrogens is 194 g/mol. The van der Waals surface area contributed by atoms with Gasteiger partial charge in [0.15, 0.2) is 0 Å². The number of fused-ring (bicyclic) bond motifs is 1. The summed E-state index contributed by atoms with van der Waals surface area (Å²) < 4.78 is 0. The van der Waals surface area contributed by atoms with Crippen LogP contribution < -0.4 is 0 Å². The summed E-state index contributed by atoms with van der Waals surface area (Å²) in [6.45, 7) is 1.39. The first-order valence-electron chi connectivity index (χ1n) is 4.48. The summed E-state index contributed by atoms with van der Waals surface area (Å²) in [5, 5.41) is 28.4. The quantitative estimate of drug-likeness (QED) is 0.478. The van der Waals surface area contributed by atoms with Gasteiger partial charge in [-0.05, 0) is 19.4 Å². The molecule has 0 unspecified atom stereocenters. The first-order valence-corrected chi connectivity index (χ1v) is 4.48. The van der Waals surface area contributed by atoms with Gasteiger partial charge in [0.05, 0.1) is 24.4 Å². The van der Waals surface area contributed by atoms with Crippen molar-refractivity contribution in [2.24, 2.45) is 0 Å². The Morgan fingerprint density at radius 3 is 2.38 bits per heavy atom. The van der Waals surface area contributed by atoms with Gasteiger partial charge in [-0.2, -0.15) is 0 Å². The van der Waals surface area contributed by atoms with Crippen LogP contribution in [-0.4, -0.2) is 57.7 Å². The average molecular weight is 210 g/mol. The van der Waals surface area contributed by atoms with Crippen molar-refractivity contribution in [1.29, 1.82) is 0 Å². The second-order valence-corrected chi connectivity index (χ2v) is 3.75. The third-order valence-electron chi connectivity index (χ3n) is 2.93. The summed E-state index contributed by atoms with van der Waals surface area (Å²) in [6, 6.07) is -0.228. The molecule has 2 heterocycles. The first kappa shape index (κ1) is 11.2. The van der Waals surface area contributed by atoms with Crippen LogP contribution in [0.25, 0.3) is 0 Å². The maximum absolute atomic E-state index is 9.55. The fourth-order valence-electron chi connectivity index (χ4n) is 2.30. The molecule has 2 fully saturated rings. The summed E-state index contributed by atoms with van der Waals surface area (Å²) in [5.74, 6) is 0. The Bertz CT molecular complexity index is 181. The highest BCUT2D eigenvalue weighted by Gasteiger charge is 2.45.